The second-order valence-electron chi connectivity index (χ2n) is 5.03. The smallest absolute Gasteiger partial charge is 0.120 e. The van der Waals surface area contributed by atoms with Crippen molar-refractivity contribution in [2.75, 3.05) is 6.61 Å². The van der Waals surface area contributed by atoms with E-state index in [1.807, 2.05) is 22.9 Å². The molecule has 1 atom stereocenters. The molecule has 0 bridgehead atoms. The van der Waals surface area contributed by atoms with Gasteiger partial charge in [0.2, 0.25) is 0 Å². The maximum Gasteiger partial charge on any atom is 0.120 e. The molecule has 0 spiro atoms. The lowest BCUT2D eigenvalue weighted by Crippen LogP contribution is -2.31. The normalized spacial score (nSPS) is 12.4. The molecule has 0 saturated carbocycles. The number of rotatable bonds is 7. The Balaban J connectivity index is 1.92. The van der Waals surface area contributed by atoms with Crippen LogP contribution in [0.1, 0.15) is 25.2 Å². The summed E-state index contributed by atoms with van der Waals surface area (Å²) in [6.45, 7) is 5.51. The first-order valence-electron chi connectivity index (χ1n) is 7.32. The fraction of sp³-hybridized carbons (Fsp3) is 0.438. The number of hydrogen-bond acceptors (Lipinski definition) is 3. The summed E-state index contributed by atoms with van der Waals surface area (Å²) < 4.78 is 7.70. The average Bonchev–Trinajstić information content (AvgIpc) is 2.87. The van der Waals surface area contributed by atoms with Crippen LogP contribution in [-0.4, -0.2) is 22.4 Å². The van der Waals surface area contributed by atoms with Gasteiger partial charge in [-0.05, 0) is 37.6 Å². The Morgan fingerprint density at radius 2 is 2.14 bits per heavy atom. The summed E-state index contributed by atoms with van der Waals surface area (Å²) in [5.74, 6) is 0.746. The van der Waals surface area contributed by atoms with Gasteiger partial charge in [-0.15, -0.1) is 0 Å². The highest BCUT2D eigenvalue weighted by atomic mass is 35.5. The van der Waals surface area contributed by atoms with Crippen LogP contribution in [0.2, 0.25) is 5.02 Å². The largest absolute Gasteiger partial charge is 0.492 e. The highest BCUT2D eigenvalue weighted by molar-refractivity contribution is 6.30. The van der Waals surface area contributed by atoms with Crippen LogP contribution in [0.25, 0.3) is 0 Å². The van der Waals surface area contributed by atoms with Crippen LogP contribution in [0.5, 0.6) is 5.75 Å². The van der Waals surface area contributed by atoms with Crippen molar-refractivity contribution >= 4 is 11.6 Å². The average molecular weight is 308 g/mol. The Kier molecular flexibility index (Phi) is 5.65. The Hall–Kier alpha value is -1.52. The van der Waals surface area contributed by atoms with Crippen molar-refractivity contribution in [3.05, 3.63) is 46.7 Å². The maximum absolute atomic E-state index is 6.17. The summed E-state index contributed by atoms with van der Waals surface area (Å²) in [5.41, 5.74) is 8.44. The summed E-state index contributed by atoms with van der Waals surface area (Å²) in [5, 5.41) is 5.20. The van der Waals surface area contributed by atoms with E-state index in [1.54, 1.807) is 6.07 Å². The van der Waals surface area contributed by atoms with E-state index in [2.05, 4.69) is 25.0 Å². The Morgan fingerprint density at radius 3 is 2.81 bits per heavy atom. The van der Waals surface area contributed by atoms with Crippen molar-refractivity contribution in [3.8, 4) is 5.75 Å². The van der Waals surface area contributed by atoms with E-state index in [9.17, 15) is 0 Å². The Labute approximate surface area is 130 Å². The van der Waals surface area contributed by atoms with Crippen LogP contribution in [0.3, 0.4) is 0 Å². The SMILES string of the molecule is CCc1cc(CC(N)COc2cccc(Cl)c2)n(CC)n1. The number of nitrogens with zero attached hydrogens (tertiary/aromatic N) is 2. The molecule has 2 N–H and O–H groups in total. The number of benzene rings is 1. The summed E-state index contributed by atoms with van der Waals surface area (Å²) in [6.07, 6.45) is 1.69. The Bertz CT molecular complexity index is 583. The standard InChI is InChI=1S/C16H22ClN3O/c1-3-14-10-15(20(4-2)19-14)9-13(18)11-21-16-7-5-6-12(17)8-16/h5-8,10,13H,3-4,9,11,18H2,1-2H3. The minimum Gasteiger partial charge on any atom is -0.492 e. The van der Waals surface area contributed by atoms with Crippen molar-refractivity contribution in [1.29, 1.82) is 0 Å². The highest BCUT2D eigenvalue weighted by Crippen LogP contribution is 2.17. The third kappa shape index (κ3) is 4.48. The van der Waals surface area contributed by atoms with E-state index >= 15 is 0 Å². The summed E-state index contributed by atoms with van der Waals surface area (Å²) in [6, 6.07) is 9.41. The highest BCUT2D eigenvalue weighted by Gasteiger charge is 2.11. The topological polar surface area (TPSA) is 53.1 Å². The zero-order valence-corrected chi connectivity index (χ0v) is 13.3. The van der Waals surface area contributed by atoms with Gasteiger partial charge in [-0.1, -0.05) is 24.6 Å². The molecule has 0 amide bonds. The van der Waals surface area contributed by atoms with Crippen molar-refractivity contribution in [3.63, 3.8) is 0 Å². The van der Waals surface area contributed by atoms with Gasteiger partial charge in [0.25, 0.3) is 0 Å². The van der Waals surface area contributed by atoms with E-state index in [-0.39, 0.29) is 6.04 Å². The van der Waals surface area contributed by atoms with Crippen molar-refractivity contribution in [2.24, 2.45) is 5.73 Å². The molecule has 21 heavy (non-hydrogen) atoms. The predicted octanol–water partition coefficient (Wildman–Crippen LogP) is 3.07. The van der Waals surface area contributed by atoms with Gasteiger partial charge in [0.05, 0.1) is 5.69 Å². The second-order valence-corrected chi connectivity index (χ2v) is 5.47. The number of hydrogen-bond donors (Lipinski definition) is 1. The van der Waals surface area contributed by atoms with Crippen molar-refractivity contribution in [2.45, 2.75) is 39.3 Å². The first kappa shape index (κ1) is 15.9. The van der Waals surface area contributed by atoms with Gasteiger partial charge in [-0.25, -0.2) is 0 Å². The molecule has 114 valence electrons. The van der Waals surface area contributed by atoms with E-state index < -0.39 is 0 Å². The first-order chi connectivity index (χ1) is 10.1. The maximum atomic E-state index is 6.17. The second kappa shape index (κ2) is 7.48. The van der Waals surface area contributed by atoms with Gasteiger partial charge in [0.15, 0.2) is 0 Å². The molecule has 0 aliphatic rings. The molecule has 2 rings (SSSR count). The number of nitrogens with two attached hydrogens (primary N) is 1. The summed E-state index contributed by atoms with van der Waals surface area (Å²) in [4.78, 5) is 0. The van der Waals surface area contributed by atoms with Gasteiger partial charge >= 0.3 is 0 Å². The summed E-state index contributed by atoms with van der Waals surface area (Å²) in [7, 11) is 0. The molecule has 1 unspecified atom stereocenters. The molecule has 0 aliphatic carbocycles. The molecule has 0 radical (unpaired) electrons. The first-order valence-corrected chi connectivity index (χ1v) is 7.69. The van der Waals surface area contributed by atoms with Crippen LogP contribution >= 0.6 is 11.6 Å². The molecule has 1 heterocycles. The van der Waals surface area contributed by atoms with Crippen molar-refractivity contribution in [1.82, 2.24) is 9.78 Å². The molecule has 2 aromatic rings. The zero-order valence-electron chi connectivity index (χ0n) is 12.6. The fourth-order valence-electron chi connectivity index (χ4n) is 2.21. The minimum atomic E-state index is -0.0734. The quantitative estimate of drug-likeness (QED) is 0.855. The number of aryl methyl sites for hydroxylation is 2. The van der Waals surface area contributed by atoms with E-state index in [1.165, 1.54) is 0 Å². The van der Waals surface area contributed by atoms with E-state index in [0.29, 0.717) is 11.6 Å². The zero-order chi connectivity index (χ0) is 15.2. The molecule has 0 saturated heterocycles. The third-order valence-corrected chi connectivity index (χ3v) is 3.54. The van der Waals surface area contributed by atoms with Gasteiger partial charge in [-0.2, -0.15) is 5.10 Å². The molecule has 0 fully saturated rings. The molecular weight excluding hydrogens is 286 g/mol. The minimum absolute atomic E-state index is 0.0734. The van der Waals surface area contributed by atoms with Crippen LogP contribution in [0, 0.1) is 0 Å². The molecule has 5 heteroatoms. The van der Waals surface area contributed by atoms with Crippen LogP contribution in [0.15, 0.2) is 30.3 Å². The Morgan fingerprint density at radius 1 is 1.33 bits per heavy atom. The van der Waals surface area contributed by atoms with Gasteiger partial charge in [0, 0.05) is 29.7 Å². The van der Waals surface area contributed by atoms with Crippen LogP contribution in [0.4, 0.5) is 0 Å². The lowest BCUT2D eigenvalue weighted by atomic mass is 10.1. The van der Waals surface area contributed by atoms with Gasteiger partial charge in [0.1, 0.15) is 12.4 Å². The van der Waals surface area contributed by atoms with Gasteiger partial charge in [-0.3, -0.25) is 4.68 Å². The number of halogens is 1. The molecule has 4 nitrogen and oxygen atoms in total. The predicted molar refractivity (Wildman–Crippen MR) is 85.9 cm³/mol. The lowest BCUT2D eigenvalue weighted by molar-refractivity contribution is 0.285. The van der Waals surface area contributed by atoms with Crippen LogP contribution in [-0.2, 0) is 19.4 Å². The summed E-state index contributed by atoms with van der Waals surface area (Å²) >= 11 is 5.93. The van der Waals surface area contributed by atoms with E-state index in [0.717, 1.165) is 36.5 Å². The number of aromatic nitrogens is 2. The molecular formula is C16H22ClN3O. The lowest BCUT2D eigenvalue weighted by Gasteiger charge is -2.14. The third-order valence-electron chi connectivity index (χ3n) is 3.31. The molecule has 1 aromatic heterocycles. The van der Waals surface area contributed by atoms with Crippen molar-refractivity contribution < 1.29 is 4.74 Å². The monoisotopic (exact) mass is 307 g/mol. The van der Waals surface area contributed by atoms with E-state index in [4.69, 9.17) is 22.1 Å². The van der Waals surface area contributed by atoms with Crippen LogP contribution < -0.4 is 10.5 Å². The van der Waals surface area contributed by atoms with Gasteiger partial charge < -0.3 is 10.5 Å². The fourth-order valence-corrected chi connectivity index (χ4v) is 2.39. The molecule has 0 aliphatic heterocycles. The number of ether oxygens (including phenoxy) is 1. The molecule has 1 aromatic carbocycles.